The van der Waals surface area contributed by atoms with Crippen LogP contribution in [0.15, 0.2) is 24.3 Å². The molecule has 78 valence electrons. The molecular weight excluding hydrogens is 194 g/mol. The van der Waals surface area contributed by atoms with Gasteiger partial charge in [-0.3, -0.25) is 0 Å². The van der Waals surface area contributed by atoms with Gasteiger partial charge in [0.1, 0.15) is 11.0 Å². The first-order valence-corrected chi connectivity index (χ1v) is 5.80. The summed E-state index contributed by atoms with van der Waals surface area (Å²) in [6.45, 7) is 7.86. The summed E-state index contributed by atoms with van der Waals surface area (Å²) in [6, 6.07) is 7.86. The average Bonchev–Trinajstić information content (AvgIpc) is 2.07. The van der Waals surface area contributed by atoms with Gasteiger partial charge in [-0.15, -0.1) is 0 Å². The van der Waals surface area contributed by atoms with Crippen LogP contribution in [-0.2, 0) is 11.0 Å². The molecule has 0 bridgehead atoms. The number of aryl methyl sites for hydroxylation is 1. The topological polar surface area (TPSA) is 29.1 Å². The van der Waals surface area contributed by atoms with Crippen LogP contribution in [0.25, 0.3) is 0 Å². The van der Waals surface area contributed by atoms with Crippen molar-refractivity contribution in [1.29, 1.82) is 0 Å². The summed E-state index contributed by atoms with van der Waals surface area (Å²) in [5.74, 6) is 0. The lowest BCUT2D eigenvalue weighted by atomic mass is 10.2. The highest BCUT2D eigenvalue weighted by Gasteiger charge is 2.19. The van der Waals surface area contributed by atoms with Crippen molar-refractivity contribution < 1.29 is 4.21 Å². The molecule has 2 nitrogen and oxygen atoms in total. The monoisotopic (exact) mass is 211 g/mol. The van der Waals surface area contributed by atoms with Crippen molar-refractivity contribution in [3.8, 4) is 0 Å². The fourth-order valence-electron chi connectivity index (χ4n) is 0.940. The predicted molar refractivity (Wildman–Crippen MR) is 62.7 cm³/mol. The molecular formula is C11H17NOS. The highest BCUT2D eigenvalue weighted by Crippen LogP contribution is 2.18. The highest BCUT2D eigenvalue weighted by molar-refractivity contribution is 7.87. The number of hydrogen-bond donors (Lipinski definition) is 1. The standard InChI is InChI=1S/C11H17NOS/c1-9-7-5-6-8-10(9)12-14(13)11(2,3)4/h5-8,12H,1-4H3/t14-/m1/s1. The predicted octanol–water partition coefficient (Wildman–Crippen LogP) is 2.87. The minimum atomic E-state index is -1.05. The van der Waals surface area contributed by atoms with E-state index in [2.05, 4.69) is 4.72 Å². The first-order chi connectivity index (χ1) is 6.41. The Kier molecular flexibility index (Phi) is 3.32. The second-order valence-electron chi connectivity index (χ2n) is 4.30. The normalized spacial score (nSPS) is 13.7. The van der Waals surface area contributed by atoms with Crippen LogP contribution >= 0.6 is 0 Å². The summed E-state index contributed by atoms with van der Waals surface area (Å²) in [5, 5.41) is 0. The summed E-state index contributed by atoms with van der Waals surface area (Å²) in [6.07, 6.45) is 0. The van der Waals surface area contributed by atoms with Crippen LogP contribution in [0.1, 0.15) is 26.3 Å². The van der Waals surface area contributed by atoms with Crippen molar-refractivity contribution in [2.75, 3.05) is 4.72 Å². The van der Waals surface area contributed by atoms with Crippen molar-refractivity contribution in [3.05, 3.63) is 29.8 Å². The summed E-state index contributed by atoms with van der Waals surface area (Å²) < 4.78 is 14.6. The van der Waals surface area contributed by atoms with Gasteiger partial charge in [0.25, 0.3) is 0 Å². The summed E-state index contributed by atoms with van der Waals surface area (Å²) >= 11 is 0. The largest absolute Gasteiger partial charge is 0.304 e. The molecule has 0 radical (unpaired) electrons. The Morgan fingerprint density at radius 1 is 1.21 bits per heavy atom. The van der Waals surface area contributed by atoms with E-state index >= 15 is 0 Å². The Hall–Kier alpha value is -0.830. The molecule has 0 spiro atoms. The first-order valence-electron chi connectivity index (χ1n) is 4.65. The van der Waals surface area contributed by atoms with Crippen molar-refractivity contribution >= 4 is 16.7 Å². The Bertz CT molecular complexity index is 341. The number of para-hydroxylation sites is 1. The minimum Gasteiger partial charge on any atom is -0.304 e. The summed E-state index contributed by atoms with van der Waals surface area (Å²) in [7, 11) is -1.05. The molecule has 1 aromatic rings. The Morgan fingerprint density at radius 2 is 1.79 bits per heavy atom. The molecule has 0 aromatic heterocycles. The van der Waals surface area contributed by atoms with E-state index in [0.717, 1.165) is 11.3 Å². The molecule has 0 heterocycles. The molecule has 0 unspecified atom stereocenters. The first kappa shape index (κ1) is 11.2. The molecule has 3 heteroatoms. The quantitative estimate of drug-likeness (QED) is 0.800. The van der Waals surface area contributed by atoms with Crippen molar-refractivity contribution in [1.82, 2.24) is 0 Å². The van der Waals surface area contributed by atoms with Crippen LogP contribution in [0.3, 0.4) is 0 Å². The number of rotatable bonds is 2. The van der Waals surface area contributed by atoms with Crippen molar-refractivity contribution in [3.63, 3.8) is 0 Å². The molecule has 0 saturated heterocycles. The lowest BCUT2D eigenvalue weighted by molar-refractivity contribution is 0.653. The highest BCUT2D eigenvalue weighted by atomic mass is 32.2. The molecule has 0 amide bonds. The molecule has 1 N–H and O–H groups in total. The zero-order valence-electron chi connectivity index (χ0n) is 9.13. The van der Waals surface area contributed by atoms with E-state index in [1.807, 2.05) is 52.0 Å². The van der Waals surface area contributed by atoms with Gasteiger partial charge in [-0.05, 0) is 39.3 Å². The van der Waals surface area contributed by atoms with Crippen LogP contribution in [0.5, 0.6) is 0 Å². The van der Waals surface area contributed by atoms with Crippen LogP contribution in [-0.4, -0.2) is 8.96 Å². The van der Waals surface area contributed by atoms with Gasteiger partial charge in [-0.25, -0.2) is 4.21 Å². The smallest absolute Gasteiger partial charge is 0.122 e. The van der Waals surface area contributed by atoms with Crippen LogP contribution in [0.2, 0.25) is 0 Å². The van der Waals surface area contributed by atoms with Crippen LogP contribution in [0, 0.1) is 6.92 Å². The third-order valence-corrected chi connectivity index (χ3v) is 3.42. The molecule has 1 aromatic carbocycles. The maximum atomic E-state index is 11.8. The van der Waals surface area contributed by atoms with Crippen LogP contribution < -0.4 is 4.72 Å². The zero-order chi connectivity index (χ0) is 10.8. The third-order valence-electron chi connectivity index (χ3n) is 1.90. The molecule has 14 heavy (non-hydrogen) atoms. The third kappa shape index (κ3) is 2.84. The van der Waals surface area contributed by atoms with E-state index in [0.29, 0.717) is 0 Å². The Balaban J connectivity index is 2.80. The summed E-state index contributed by atoms with van der Waals surface area (Å²) in [4.78, 5) is 0. The summed E-state index contributed by atoms with van der Waals surface area (Å²) in [5.41, 5.74) is 2.06. The van der Waals surface area contributed by atoms with Crippen LogP contribution in [0.4, 0.5) is 5.69 Å². The fourth-order valence-corrected chi connectivity index (χ4v) is 1.68. The second kappa shape index (κ2) is 4.13. The fraction of sp³-hybridized carbons (Fsp3) is 0.455. The van der Waals surface area contributed by atoms with Gasteiger partial charge in [0.2, 0.25) is 0 Å². The number of hydrogen-bond acceptors (Lipinski definition) is 1. The van der Waals surface area contributed by atoms with E-state index < -0.39 is 11.0 Å². The zero-order valence-corrected chi connectivity index (χ0v) is 9.94. The number of anilines is 1. The van der Waals surface area contributed by atoms with Crippen molar-refractivity contribution in [2.24, 2.45) is 0 Å². The maximum absolute atomic E-state index is 11.8. The lowest BCUT2D eigenvalue weighted by Gasteiger charge is -2.19. The molecule has 1 rings (SSSR count). The Morgan fingerprint density at radius 3 is 2.29 bits per heavy atom. The minimum absolute atomic E-state index is 0.234. The van der Waals surface area contributed by atoms with Gasteiger partial charge in [-0.1, -0.05) is 18.2 Å². The van der Waals surface area contributed by atoms with Crippen molar-refractivity contribution in [2.45, 2.75) is 32.4 Å². The maximum Gasteiger partial charge on any atom is 0.122 e. The molecule has 0 aliphatic carbocycles. The average molecular weight is 211 g/mol. The lowest BCUT2D eigenvalue weighted by Crippen LogP contribution is -2.27. The van der Waals surface area contributed by atoms with Gasteiger partial charge in [0.15, 0.2) is 0 Å². The SMILES string of the molecule is Cc1ccccc1N[S@](=O)C(C)(C)C. The van der Waals surface area contributed by atoms with E-state index in [1.165, 1.54) is 0 Å². The van der Waals surface area contributed by atoms with E-state index in [9.17, 15) is 4.21 Å². The second-order valence-corrected chi connectivity index (χ2v) is 6.26. The number of nitrogens with one attached hydrogen (secondary N) is 1. The number of benzene rings is 1. The van der Waals surface area contributed by atoms with Gasteiger partial charge >= 0.3 is 0 Å². The van der Waals surface area contributed by atoms with E-state index in [-0.39, 0.29) is 4.75 Å². The molecule has 1 atom stereocenters. The Labute approximate surface area is 88.3 Å². The van der Waals surface area contributed by atoms with E-state index in [1.54, 1.807) is 0 Å². The molecule has 0 aliphatic heterocycles. The van der Waals surface area contributed by atoms with Gasteiger partial charge in [0.05, 0.1) is 4.75 Å². The van der Waals surface area contributed by atoms with Gasteiger partial charge in [-0.2, -0.15) is 0 Å². The molecule has 0 fully saturated rings. The van der Waals surface area contributed by atoms with E-state index in [4.69, 9.17) is 0 Å². The van der Waals surface area contributed by atoms with Gasteiger partial charge < -0.3 is 4.72 Å². The molecule has 0 saturated carbocycles. The van der Waals surface area contributed by atoms with Gasteiger partial charge in [0, 0.05) is 5.69 Å². The molecule has 0 aliphatic rings.